The molecule has 3 heteroatoms. The molecule has 0 aliphatic carbocycles. The summed E-state index contributed by atoms with van der Waals surface area (Å²) >= 11 is 0. The van der Waals surface area contributed by atoms with Gasteiger partial charge in [-0.1, -0.05) is 0 Å². The molecule has 0 aromatic heterocycles. The second kappa shape index (κ2) is 4.97. The molecule has 0 aliphatic rings. The van der Waals surface area contributed by atoms with E-state index in [1.54, 1.807) is 27.0 Å². The number of aliphatic imine (C=N–C) groups is 1. The van der Waals surface area contributed by atoms with E-state index in [1.165, 1.54) is 0 Å². The van der Waals surface area contributed by atoms with Crippen molar-refractivity contribution in [2.45, 2.75) is 26.8 Å². The highest BCUT2D eigenvalue weighted by atomic mass is 16.5. The van der Waals surface area contributed by atoms with E-state index in [-0.39, 0.29) is 12.0 Å². The van der Waals surface area contributed by atoms with Gasteiger partial charge in [-0.2, -0.15) is 0 Å². The van der Waals surface area contributed by atoms with Crippen molar-refractivity contribution >= 4 is 12.2 Å². The van der Waals surface area contributed by atoms with Crippen LogP contribution < -0.4 is 0 Å². The predicted octanol–water partition coefficient (Wildman–Crippen LogP) is 1.03. The molecule has 0 aromatic rings. The van der Waals surface area contributed by atoms with Crippen LogP contribution in [0.5, 0.6) is 0 Å². The molecule has 0 saturated carbocycles. The molecule has 10 heavy (non-hydrogen) atoms. The summed E-state index contributed by atoms with van der Waals surface area (Å²) in [7, 11) is 0. The maximum absolute atomic E-state index is 10.8. The molecular weight excluding hydrogens is 130 g/mol. The van der Waals surface area contributed by atoms with Crippen molar-refractivity contribution in [3.63, 3.8) is 0 Å². The molecule has 0 radical (unpaired) electrons. The van der Waals surface area contributed by atoms with Crippen molar-refractivity contribution in [3.05, 3.63) is 0 Å². The molecule has 58 valence electrons. The molecule has 0 fully saturated rings. The van der Waals surface area contributed by atoms with Crippen molar-refractivity contribution in [1.29, 1.82) is 0 Å². The van der Waals surface area contributed by atoms with Gasteiger partial charge in [0.25, 0.3) is 0 Å². The summed E-state index contributed by atoms with van der Waals surface area (Å²) < 4.78 is 4.70. The molecule has 1 unspecified atom stereocenters. The Morgan fingerprint density at radius 1 is 1.80 bits per heavy atom. The van der Waals surface area contributed by atoms with Crippen LogP contribution in [0.3, 0.4) is 0 Å². The first-order chi connectivity index (χ1) is 4.72. The van der Waals surface area contributed by atoms with Crippen LogP contribution in [0.25, 0.3) is 0 Å². The van der Waals surface area contributed by atoms with Gasteiger partial charge in [-0.05, 0) is 27.0 Å². The fraction of sp³-hybridized carbons (Fsp3) is 0.714. The average Bonchev–Trinajstić information content (AvgIpc) is 1.89. The van der Waals surface area contributed by atoms with Crippen molar-refractivity contribution in [1.82, 2.24) is 0 Å². The molecule has 0 heterocycles. The largest absolute Gasteiger partial charge is 0.464 e. The Labute approximate surface area is 61.1 Å². The highest BCUT2D eigenvalue weighted by Gasteiger charge is 2.09. The lowest BCUT2D eigenvalue weighted by Gasteiger charge is -2.03. The lowest BCUT2D eigenvalue weighted by Crippen LogP contribution is -2.17. The van der Waals surface area contributed by atoms with Crippen LogP contribution in [-0.2, 0) is 9.53 Å². The van der Waals surface area contributed by atoms with Crippen LogP contribution >= 0.6 is 0 Å². The first-order valence-corrected chi connectivity index (χ1v) is 3.36. The summed E-state index contributed by atoms with van der Waals surface area (Å²) in [5.41, 5.74) is 0. The fourth-order valence-electron chi connectivity index (χ4n) is 0.547. The number of carbonyl (C=O) groups excluding carboxylic acids is 1. The summed E-state index contributed by atoms with van der Waals surface area (Å²) in [6.45, 7) is 5.68. The van der Waals surface area contributed by atoms with Gasteiger partial charge >= 0.3 is 5.97 Å². The molecule has 0 amide bonds. The second-order valence-corrected chi connectivity index (χ2v) is 1.84. The van der Waals surface area contributed by atoms with E-state index in [2.05, 4.69) is 4.99 Å². The van der Waals surface area contributed by atoms with Gasteiger partial charge in [0.15, 0.2) is 0 Å². The van der Waals surface area contributed by atoms with Crippen molar-refractivity contribution in [3.8, 4) is 0 Å². The summed E-state index contributed by atoms with van der Waals surface area (Å²) in [5, 5.41) is 0. The molecular formula is C7H13NO2. The van der Waals surface area contributed by atoms with Crippen molar-refractivity contribution < 1.29 is 9.53 Å². The van der Waals surface area contributed by atoms with Crippen molar-refractivity contribution in [2.24, 2.45) is 4.99 Å². The number of esters is 1. The second-order valence-electron chi connectivity index (χ2n) is 1.84. The minimum Gasteiger partial charge on any atom is -0.464 e. The predicted molar refractivity (Wildman–Crippen MR) is 40.3 cm³/mol. The first-order valence-electron chi connectivity index (χ1n) is 3.36. The summed E-state index contributed by atoms with van der Waals surface area (Å²) in [5.74, 6) is -0.263. The van der Waals surface area contributed by atoms with Crippen LogP contribution in [0.15, 0.2) is 4.99 Å². The van der Waals surface area contributed by atoms with Gasteiger partial charge < -0.3 is 4.74 Å². The van der Waals surface area contributed by atoms with Gasteiger partial charge in [-0.3, -0.25) is 4.99 Å². The van der Waals surface area contributed by atoms with E-state index in [1.807, 2.05) is 0 Å². The molecule has 3 nitrogen and oxygen atoms in total. The van der Waals surface area contributed by atoms with Gasteiger partial charge in [0.05, 0.1) is 6.61 Å². The van der Waals surface area contributed by atoms with Gasteiger partial charge in [0, 0.05) is 0 Å². The topological polar surface area (TPSA) is 38.7 Å². The highest BCUT2D eigenvalue weighted by molar-refractivity contribution is 5.77. The standard InChI is InChI=1S/C7H13NO2/c1-4-8-6(3)7(9)10-5-2/h4,6H,5H2,1-3H3. The molecule has 0 spiro atoms. The Hall–Kier alpha value is -0.860. The number of rotatable bonds is 3. The van der Waals surface area contributed by atoms with Crippen molar-refractivity contribution in [2.75, 3.05) is 6.61 Å². The first kappa shape index (κ1) is 9.14. The maximum atomic E-state index is 10.8. The third-order valence-corrected chi connectivity index (χ3v) is 1.00. The molecule has 0 bridgehead atoms. The smallest absolute Gasteiger partial charge is 0.330 e. The zero-order valence-electron chi connectivity index (χ0n) is 6.63. The van der Waals surface area contributed by atoms with E-state index < -0.39 is 0 Å². The van der Waals surface area contributed by atoms with Crippen LogP contribution in [0.2, 0.25) is 0 Å². The number of ether oxygens (including phenoxy) is 1. The van der Waals surface area contributed by atoms with Crippen LogP contribution in [-0.4, -0.2) is 24.8 Å². The zero-order chi connectivity index (χ0) is 7.98. The molecule has 0 aliphatic heterocycles. The van der Waals surface area contributed by atoms with Gasteiger partial charge in [-0.25, -0.2) is 4.79 Å². The third-order valence-electron chi connectivity index (χ3n) is 1.00. The Morgan fingerprint density at radius 3 is 2.80 bits per heavy atom. The van der Waals surface area contributed by atoms with Crippen LogP contribution in [0.4, 0.5) is 0 Å². The highest BCUT2D eigenvalue weighted by Crippen LogP contribution is 1.91. The van der Waals surface area contributed by atoms with E-state index in [4.69, 9.17) is 4.74 Å². The SMILES string of the molecule is CC=NC(C)C(=O)OCC. The van der Waals surface area contributed by atoms with E-state index in [9.17, 15) is 4.79 Å². The molecule has 0 rings (SSSR count). The Bertz CT molecular complexity index is 132. The minimum absolute atomic E-state index is 0.263. The Balaban J connectivity index is 3.70. The molecule has 0 saturated heterocycles. The molecule has 1 atom stereocenters. The summed E-state index contributed by atoms with van der Waals surface area (Å²) in [6.07, 6.45) is 1.60. The van der Waals surface area contributed by atoms with Crippen LogP contribution in [0.1, 0.15) is 20.8 Å². The number of carbonyl (C=O) groups is 1. The Morgan fingerprint density at radius 2 is 2.40 bits per heavy atom. The fourth-order valence-corrected chi connectivity index (χ4v) is 0.547. The van der Waals surface area contributed by atoms with E-state index in [0.717, 1.165) is 0 Å². The quantitative estimate of drug-likeness (QED) is 0.437. The van der Waals surface area contributed by atoms with E-state index in [0.29, 0.717) is 6.61 Å². The van der Waals surface area contributed by atoms with Gasteiger partial charge in [0.2, 0.25) is 0 Å². The summed E-state index contributed by atoms with van der Waals surface area (Å²) in [4.78, 5) is 14.6. The number of hydrogen-bond acceptors (Lipinski definition) is 3. The monoisotopic (exact) mass is 143 g/mol. The lowest BCUT2D eigenvalue weighted by atomic mass is 10.4. The van der Waals surface area contributed by atoms with Gasteiger partial charge in [0.1, 0.15) is 6.04 Å². The maximum Gasteiger partial charge on any atom is 0.330 e. The zero-order valence-corrected chi connectivity index (χ0v) is 6.63. The van der Waals surface area contributed by atoms with Gasteiger partial charge in [-0.15, -0.1) is 0 Å². The van der Waals surface area contributed by atoms with E-state index >= 15 is 0 Å². The molecule has 0 aromatic carbocycles. The molecule has 0 N–H and O–H groups in total. The van der Waals surface area contributed by atoms with Crippen LogP contribution in [0, 0.1) is 0 Å². The lowest BCUT2D eigenvalue weighted by molar-refractivity contribution is -0.144. The Kier molecular flexibility index (Phi) is 4.54. The number of hydrogen-bond donors (Lipinski definition) is 0. The minimum atomic E-state index is -0.357. The average molecular weight is 143 g/mol. The summed E-state index contributed by atoms with van der Waals surface area (Å²) in [6, 6.07) is -0.357. The normalized spacial score (nSPS) is 13.5. The number of nitrogens with zero attached hydrogens (tertiary/aromatic N) is 1. The third kappa shape index (κ3) is 3.22.